The zero-order chi connectivity index (χ0) is 9.31. The Morgan fingerprint density at radius 2 is 2.36 bits per heavy atom. The van der Waals surface area contributed by atoms with Crippen molar-refractivity contribution in [1.29, 1.82) is 0 Å². The highest BCUT2D eigenvalue weighted by molar-refractivity contribution is 5.85. The lowest BCUT2D eigenvalue weighted by atomic mass is 9.96. The average molecular weight is 222 g/mol. The van der Waals surface area contributed by atoms with Crippen molar-refractivity contribution in [2.75, 3.05) is 13.1 Å². The van der Waals surface area contributed by atoms with Crippen LogP contribution >= 0.6 is 12.4 Å². The molecule has 0 amide bonds. The molecular weight excluding hydrogens is 209 g/mol. The Balaban J connectivity index is 0.000000980. The molecule has 1 aliphatic heterocycles. The molecule has 0 aliphatic carbocycles. The minimum atomic E-state index is -1.46. The summed E-state index contributed by atoms with van der Waals surface area (Å²) in [6.07, 6.45) is 1.26. The summed E-state index contributed by atoms with van der Waals surface area (Å²) in [6.45, 7) is 2.82. The highest BCUT2D eigenvalue weighted by atomic mass is 35.5. The van der Waals surface area contributed by atoms with E-state index >= 15 is 0 Å². The van der Waals surface area contributed by atoms with Crippen LogP contribution < -0.4 is 5.32 Å². The van der Waals surface area contributed by atoms with Gasteiger partial charge < -0.3 is 9.84 Å². The molecule has 14 heavy (non-hydrogen) atoms. The van der Waals surface area contributed by atoms with Crippen LogP contribution in [0.1, 0.15) is 24.6 Å². The van der Waals surface area contributed by atoms with Crippen LogP contribution in [-0.2, 0) is 5.67 Å². The maximum absolute atomic E-state index is 14.1. The number of nitrogens with one attached hydrogen (secondary N) is 1. The first-order valence-electron chi connectivity index (χ1n) is 4.41. The summed E-state index contributed by atoms with van der Waals surface area (Å²) < 4.78 is 18.9. The van der Waals surface area contributed by atoms with Gasteiger partial charge in [-0.2, -0.15) is 4.98 Å². The summed E-state index contributed by atoms with van der Waals surface area (Å²) in [7, 11) is 0. The van der Waals surface area contributed by atoms with E-state index in [0.29, 0.717) is 12.2 Å². The van der Waals surface area contributed by atoms with E-state index in [0.717, 1.165) is 13.0 Å². The molecule has 2 rings (SSSR count). The third-order valence-electron chi connectivity index (χ3n) is 2.24. The number of nitrogens with zero attached hydrogens (tertiary/aromatic N) is 2. The van der Waals surface area contributed by atoms with Crippen molar-refractivity contribution in [2.24, 2.45) is 0 Å². The zero-order valence-corrected chi connectivity index (χ0v) is 8.73. The van der Waals surface area contributed by atoms with Gasteiger partial charge in [-0.1, -0.05) is 5.16 Å². The second kappa shape index (κ2) is 4.23. The van der Waals surface area contributed by atoms with Crippen LogP contribution in [0.3, 0.4) is 0 Å². The number of piperidine rings is 1. The molecule has 1 fully saturated rings. The van der Waals surface area contributed by atoms with Gasteiger partial charge >= 0.3 is 0 Å². The molecule has 1 aromatic heterocycles. The lowest BCUT2D eigenvalue weighted by Gasteiger charge is -2.26. The summed E-state index contributed by atoms with van der Waals surface area (Å²) in [4.78, 5) is 3.91. The van der Waals surface area contributed by atoms with E-state index in [2.05, 4.69) is 15.5 Å². The van der Waals surface area contributed by atoms with Crippen molar-refractivity contribution >= 4 is 12.4 Å². The van der Waals surface area contributed by atoms with E-state index in [-0.39, 0.29) is 24.8 Å². The van der Waals surface area contributed by atoms with E-state index in [9.17, 15) is 4.39 Å². The van der Waals surface area contributed by atoms with Crippen molar-refractivity contribution in [3.05, 3.63) is 11.7 Å². The van der Waals surface area contributed by atoms with E-state index < -0.39 is 5.67 Å². The predicted octanol–water partition coefficient (Wildman–Crippen LogP) is 1.35. The molecule has 1 N–H and O–H groups in total. The SMILES string of the molecule is Cc1noc(C2(F)CCCNC2)n1.Cl. The van der Waals surface area contributed by atoms with Crippen molar-refractivity contribution in [2.45, 2.75) is 25.4 Å². The normalized spacial score (nSPS) is 27.0. The van der Waals surface area contributed by atoms with Gasteiger partial charge in [-0.15, -0.1) is 12.4 Å². The molecule has 1 aromatic rings. The topological polar surface area (TPSA) is 51.0 Å². The first kappa shape index (κ1) is 11.4. The van der Waals surface area contributed by atoms with E-state index in [1.807, 2.05) is 0 Å². The van der Waals surface area contributed by atoms with Crippen molar-refractivity contribution in [1.82, 2.24) is 15.5 Å². The standard InChI is InChI=1S/C8H12FN3O.ClH/c1-6-11-7(13-12-6)8(9)3-2-4-10-5-8;/h10H,2-5H2,1H3;1H. The summed E-state index contributed by atoms with van der Waals surface area (Å²) in [6, 6.07) is 0. The fourth-order valence-electron chi connectivity index (χ4n) is 1.53. The van der Waals surface area contributed by atoms with Gasteiger partial charge in [0, 0.05) is 6.54 Å². The number of aromatic nitrogens is 2. The maximum atomic E-state index is 14.1. The molecular formula is C8H13ClFN3O. The van der Waals surface area contributed by atoms with E-state index in [1.165, 1.54) is 0 Å². The lowest BCUT2D eigenvalue weighted by Crippen LogP contribution is -2.40. The van der Waals surface area contributed by atoms with Crippen LogP contribution in [0.4, 0.5) is 4.39 Å². The van der Waals surface area contributed by atoms with Crippen molar-refractivity contribution in [3.8, 4) is 0 Å². The van der Waals surface area contributed by atoms with Crippen LogP contribution in [0.5, 0.6) is 0 Å². The van der Waals surface area contributed by atoms with Gasteiger partial charge in [0.2, 0.25) is 5.67 Å². The number of halogens is 2. The van der Waals surface area contributed by atoms with Gasteiger partial charge in [-0.3, -0.25) is 0 Å². The van der Waals surface area contributed by atoms with Gasteiger partial charge in [0.1, 0.15) is 0 Å². The average Bonchev–Trinajstić information content (AvgIpc) is 2.54. The van der Waals surface area contributed by atoms with Gasteiger partial charge in [0.15, 0.2) is 5.82 Å². The van der Waals surface area contributed by atoms with Crippen molar-refractivity contribution in [3.63, 3.8) is 0 Å². The van der Waals surface area contributed by atoms with Crippen LogP contribution in [0.25, 0.3) is 0 Å². The Bertz CT molecular complexity index is 299. The van der Waals surface area contributed by atoms with Gasteiger partial charge in [-0.25, -0.2) is 4.39 Å². The minimum absolute atomic E-state index is 0. The second-order valence-electron chi connectivity index (χ2n) is 3.39. The number of rotatable bonds is 1. The molecule has 0 radical (unpaired) electrons. The fourth-order valence-corrected chi connectivity index (χ4v) is 1.53. The van der Waals surface area contributed by atoms with E-state index in [1.54, 1.807) is 6.92 Å². The number of hydrogen-bond acceptors (Lipinski definition) is 4. The second-order valence-corrected chi connectivity index (χ2v) is 3.39. The monoisotopic (exact) mass is 221 g/mol. The highest BCUT2D eigenvalue weighted by Gasteiger charge is 2.39. The third-order valence-corrected chi connectivity index (χ3v) is 2.24. The summed E-state index contributed by atoms with van der Waals surface area (Å²) in [5.41, 5.74) is -1.46. The molecule has 4 nitrogen and oxygen atoms in total. The molecule has 0 bridgehead atoms. The molecule has 1 aliphatic rings. The molecule has 1 unspecified atom stereocenters. The first-order chi connectivity index (χ1) is 6.21. The third kappa shape index (κ3) is 2.04. The minimum Gasteiger partial charge on any atom is -0.336 e. The van der Waals surface area contributed by atoms with Crippen LogP contribution in [-0.4, -0.2) is 23.2 Å². The Labute approximate surface area is 87.7 Å². The first-order valence-corrected chi connectivity index (χ1v) is 4.41. The fraction of sp³-hybridized carbons (Fsp3) is 0.750. The molecule has 1 atom stereocenters. The van der Waals surface area contributed by atoms with E-state index in [4.69, 9.17) is 4.52 Å². The molecule has 0 aromatic carbocycles. The maximum Gasteiger partial charge on any atom is 0.265 e. The highest BCUT2D eigenvalue weighted by Crippen LogP contribution is 2.31. The van der Waals surface area contributed by atoms with Crippen LogP contribution in [0.15, 0.2) is 4.52 Å². The molecule has 0 saturated carbocycles. The Kier molecular flexibility index (Phi) is 3.44. The Morgan fingerprint density at radius 1 is 1.57 bits per heavy atom. The molecule has 2 heterocycles. The molecule has 1 saturated heterocycles. The number of aryl methyl sites for hydroxylation is 1. The summed E-state index contributed by atoms with van der Waals surface area (Å²) in [5, 5.41) is 6.56. The number of hydrogen-bond donors (Lipinski definition) is 1. The lowest BCUT2D eigenvalue weighted by molar-refractivity contribution is 0.0785. The van der Waals surface area contributed by atoms with Gasteiger partial charge in [-0.05, 0) is 26.3 Å². The zero-order valence-electron chi connectivity index (χ0n) is 7.92. The summed E-state index contributed by atoms with van der Waals surface area (Å²) in [5.74, 6) is 0.592. The van der Waals surface area contributed by atoms with Crippen LogP contribution in [0, 0.1) is 6.92 Å². The Hall–Kier alpha value is -0.680. The quantitative estimate of drug-likeness (QED) is 0.778. The molecule has 6 heteroatoms. The van der Waals surface area contributed by atoms with Crippen molar-refractivity contribution < 1.29 is 8.91 Å². The molecule has 80 valence electrons. The predicted molar refractivity (Wildman–Crippen MR) is 51.2 cm³/mol. The van der Waals surface area contributed by atoms with Gasteiger partial charge in [0.25, 0.3) is 5.89 Å². The molecule has 0 spiro atoms. The largest absolute Gasteiger partial charge is 0.336 e. The number of alkyl halides is 1. The smallest absolute Gasteiger partial charge is 0.265 e. The summed E-state index contributed by atoms with van der Waals surface area (Å²) >= 11 is 0. The van der Waals surface area contributed by atoms with Crippen LogP contribution in [0.2, 0.25) is 0 Å². The van der Waals surface area contributed by atoms with Gasteiger partial charge in [0.05, 0.1) is 0 Å². The Morgan fingerprint density at radius 3 is 2.86 bits per heavy atom.